The van der Waals surface area contributed by atoms with Crippen LogP contribution in [0.1, 0.15) is 46.0 Å². The number of alkyl halides is 1. The topological polar surface area (TPSA) is 26.3 Å². The molecule has 0 amide bonds. The molecule has 0 aromatic heterocycles. The highest BCUT2D eigenvalue weighted by Crippen LogP contribution is 2.10. The van der Waals surface area contributed by atoms with E-state index in [0.29, 0.717) is 0 Å². The van der Waals surface area contributed by atoms with Crippen LogP contribution in [0.15, 0.2) is 0 Å². The third-order valence-corrected chi connectivity index (χ3v) is 2.87. The second-order valence-electron chi connectivity index (χ2n) is 3.24. The highest BCUT2D eigenvalue weighted by molar-refractivity contribution is 14.1. The molecule has 0 bridgehead atoms. The smallest absolute Gasteiger partial charge is 0.302 e. The maximum absolute atomic E-state index is 10.7. The average Bonchev–Trinajstić information content (AvgIpc) is 2.09. The van der Waals surface area contributed by atoms with Gasteiger partial charge in [-0.05, 0) is 12.8 Å². The molecule has 0 aliphatic rings. The van der Waals surface area contributed by atoms with Crippen molar-refractivity contribution in [1.29, 1.82) is 0 Å². The van der Waals surface area contributed by atoms with Crippen LogP contribution in [-0.4, -0.2) is 16.5 Å². The lowest BCUT2D eigenvalue weighted by Gasteiger charge is -2.13. The number of carbonyl (C=O) groups excluding carboxylic acids is 1. The molecule has 0 heterocycles. The van der Waals surface area contributed by atoms with Crippen molar-refractivity contribution in [1.82, 2.24) is 0 Å². The Morgan fingerprint density at radius 2 is 2.08 bits per heavy atom. The number of esters is 1. The Labute approximate surface area is 94.6 Å². The number of unbranched alkanes of at least 4 members (excludes halogenated alkanes) is 3. The summed E-state index contributed by atoms with van der Waals surface area (Å²) in [5.74, 6) is -0.155. The summed E-state index contributed by atoms with van der Waals surface area (Å²) in [6, 6.07) is 0. The Morgan fingerprint density at radius 1 is 1.38 bits per heavy atom. The first kappa shape index (κ1) is 13.2. The number of carbonyl (C=O) groups is 1. The van der Waals surface area contributed by atoms with Crippen molar-refractivity contribution in [3.63, 3.8) is 0 Å². The Hall–Kier alpha value is 0.200. The fourth-order valence-electron chi connectivity index (χ4n) is 1.20. The van der Waals surface area contributed by atoms with Crippen LogP contribution in [0.4, 0.5) is 0 Å². The van der Waals surface area contributed by atoms with Gasteiger partial charge in [-0.1, -0.05) is 48.8 Å². The third-order valence-electron chi connectivity index (χ3n) is 1.88. The summed E-state index contributed by atoms with van der Waals surface area (Å²) in [6.45, 7) is 3.67. The van der Waals surface area contributed by atoms with Gasteiger partial charge in [-0.3, -0.25) is 4.79 Å². The predicted octanol–water partition coefficient (Wildman–Crippen LogP) is 3.32. The van der Waals surface area contributed by atoms with Crippen LogP contribution in [0, 0.1) is 0 Å². The molecule has 0 spiro atoms. The molecule has 0 rings (SSSR count). The molecule has 1 atom stereocenters. The van der Waals surface area contributed by atoms with E-state index in [0.717, 1.165) is 10.8 Å². The van der Waals surface area contributed by atoms with Gasteiger partial charge >= 0.3 is 5.97 Å². The van der Waals surface area contributed by atoms with Crippen molar-refractivity contribution < 1.29 is 9.53 Å². The van der Waals surface area contributed by atoms with Crippen molar-refractivity contribution in [3.05, 3.63) is 0 Å². The van der Waals surface area contributed by atoms with E-state index in [1.165, 1.54) is 32.6 Å². The molecule has 0 N–H and O–H groups in total. The standard InChI is InChI=1S/C10H19IO2/c1-3-4-5-6-7-10(8-11)13-9(2)12/h10H,3-8H2,1-2H3. The molecule has 0 radical (unpaired) electrons. The Balaban J connectivity index is 3.42. The van der Waals surface area contributed by atoms with Gasteiger partial charge in [0, 0.05) is 11.4 Å². The van der Waals surface area contributed by atoms with Crippen molar-refractivity contribution in [2.24, 2.45) is 0 Å². The lowest BCUT2D eigenvalue weighted by Crippen LogP contribution is -2.17. The van der Waals surface area contributed by atoms with Gasteiger partial charge in [-0.25, -0.2) is 0 Å². The summed E-state index contributed by atoms with van der Waals surface area (Å²) in [4.78, 5) is 10.7. The molecule has 2 nitrogen and oxygen atoms in total. The normalized spacial score (nSPS) is 12.5. The van der Waals surface area contributed by atoms with Gasteiger partial charge in [0.2, 0.25) is 0 Å². The van der Waals surface area contributed by atoms with Crippen LogP contribution in [0.5, 0.6) is 0 Å². The minimum absolute atomic E-state index is 0.134. The second-order valence-corrected chi connectivity index (χ2v) is 4.12. The number of hydrogen-bond donors (Lipinski definition) is 0. The number of hydrogen-bond acceptors (Lipinski definition) is 2. The quantitative estimate of drug-likeness (QED) is 0.312. The molecule has 1 unspecified atom stereocenters. The van der Waals surface area contributed by atoms with Gasteiger partial charge in [0.1, 0.15) is 6.10 Å². The van der Waals surface area contributed by atoms with Gasteiger partial charge in [-0.15, -0.1) is 0 Å². The second kappa shape index (κ2) is 8.78. The van der Waals surface area contributed by atoms with E-state index in [1.807, 2.05) is 0 Å². The molecule has 78 valence electrons. The highest BCUT2D eigenvalue weighted by Gasteiger charge is 2.08. The maximum Gasteiger partial charge on any atom is 0.302 e. The monoisotopic (exact) mass is 298 g/mol. The summed E-state index contributed by atoms with van der Waals surface area (Å²) in [5, 5.41) is 0. The van der Waals surface area contributed by atoms with E-state index in [4.69, 9.17) is 4.74 Å². The molecule has 0 aromatic carbocycles. The van der Waals surface area contributed by atoms with Gasteiger partial charge in [0.15, 0.2) is 0 Å². The molecular weight excluding hydrogens is 279 g/mol. The van der Waals surface area contributed by atoms with E-state index in [1.54, 1.807) is 0 Å². The fourth-order valence-corrected chi connectivity index (χ4v) is 1.82. The van der Waals surface area contributed by atoms with Crippen LogP contribution < -0.4 is 0 Å². The summed E-state index contributed by atoms with van der Waals surface area (Å²) >= 11 is 2.27. The molecular formula is C10H19IO2. The number of halogens is 1. The zero-order valence-electron chi connectivity index (χ0n) is 8.51. The summed E-state index contributed by atoms with van der Waals surface area (Å²) in [7, 11) is 0. The minimum Gasteiger partial charge on any atom is -0.462 e. The summed E-state index contributed by atoms with van der Waals surface area (Å²) in [5.41, 5.74) is 0. The maximum atomic E-state index is 10.7. The van der Waals surface area contributed by atoms with E-state index in [2.05, 4.69) is 29.5 Å². The first-order valence-corrected chi connectivity index (χ1v) is 6.46. The van der Waals surface area contributed by atoms with Crippen molar-refractivity contribution >= 4 is 28.6 Å². The van der Waals surface area contributed by atoms with Gasteiger partial charge in [-0.2, -0.15) is 0 Å². The van der Waals surface area contributed by atoms with Crippen molar-refractivity contribution in [2.75, 3.05) is 4.43 Å². The first-order valence-electron chi connectivity index (χ1n) is 4.93. The summed E-state index contributed by atoms with van der Waals surface area (Å²) in [6.07, 6.45) is 6.12. The molecule has 0 aromatic rings. The zero-order chi connectivity index (χ0) is 10.1. The molecule has 0 aliphatic heterocycles. The molecule has 0 fully saturated rings. The number of ether oxygens (including phenoxy) is 1. The van der Waals surface area contributed by atoms with Gasteiger partial charge < -0.3 is 4.74 Å². The van der Waals surface area contributed by atoms with Crippen molar-refractivity contribution in [2.45, 2.75) is 52.1 Å². The lowest BCUT2D eigenvalue weighted by atomic mass is 10.1. The predicted molar refractivity (Wildman–Crippen MR) is 63.2 cm³/mol. The molecule has 13 heavy (non-hydrogen) atoms. The first-order chi connectivity index (χ1) is 6.20. The SMILES string of the molecule is CCCCCCC(CI)OC(C)=O. The van der Waals surface area contributed by atoms with Crippen molar-refractivity contribution in [3.8, 4) is 0 Å². The third kappa shape index (κ3) is 8.53. The Kier molecular flexibility index (Phi) is 8.92. The molecule has 0 aliphatic carbocycles. The van der Waals surface area contributed by atoms with E-state index in [-0.39, 0.29) is 12.1 Å². The average molecular weight is 298 g/mol. The van der Waals surface area contributed by atoms with Crippen LogP contribution in [0.3, 0.4) is 0 Å². The minimum atomic E-state index is -0.155. The van der Waals surface area contributed by atoms with Gasteiger partial charge in [0.25, 0.3) is 0 Å². The summed E-state index contributed by atoms with van der Waals surface area (Å²) < 4.78 is 6.04. The van der Waals surface area contributed by atoms with Crippen LogP contribution >= 0.6 is 22.6 Å². The van der Waals surface area contributed by atoms with E-state index < -0.39 is 0 Å². The fraction of sp³-hybridized carbons (Fsp3) is 0.900. The van der Waals surface area contributed by atoms with Crippen LogP contribution in [0.25, 0.3) is 0 Å². The number of rotatable bonds is 7. The van der Waals surface area contributed by atoms with E-state index in [9.17, 15) is 4.79 Å². The highest BCUT2D eigenvalue weighted by atomic mass is 127. The Morgan fingerprint density at radius 3 is 2.54 bits per heavy atom. The molecule has 0 saturated carbocycles. The van der Waals surface area contributed by atoms with Crippen LogP contribution in [-0.2, 0) is 9.53 Å². The molecule has 0 saturated heterocycles. The lowest BCUT2D eigenvalue weighted by molar-refractivity contribution is -0.145. The zero-order valence-corrected chi connectivity index (χ0v) is 10.7. The van der Waals surface area contributed by atoms with E-state index >= 15 is 0 Å². The molecule has 3 heteroatoms. The van der Waals surface area contributed by atoms with Gasteiger partial charge in [0.05, 0.1) is 0 Å². The largest absolute Gasteiger partial charge is 0.462 e. The van der Waals surface area contributed by atoms with Crippen LogP contribution in [0.2, 0.25) is 0 Å². The Bertz CT molecular complexity index is 137.